The Bertz CT molecular complexity index is 271. The molecule has 0 bridgehead atoms. The molecule has 0 spiro atoms. The van der Waals surface area contributed by atoms with E-state index in [-0.39, 0.29) is 18.4 Å². The summed E-state index contributed by atoms with van der Waals surface area (Å²) in [5, 5.41) is 0. The highest BCUT2D eigenvalue weighted by Crippen LogP contribution is 2.19. The van der Waals surface area contributed by atoms with E-state index in [1.54, 1.807) is 0 Å². The molecule has 0 amide bonds. The second kappa shape index (κ2) is 7.47. The Morgan fingerprint density at radius 3 is 2.13 bits per heavy atom. The summed E-state index contributed by atoms with van der Waals surface area (Å²) in [4.78, 5) is 0. The molecule has 0 fully saturated rings. The lowest BCUT2D eigenvalue weighted by Gasteiger charge is -2.13. The standard InChI is InChI=1S/C12H18IN.ClH/c1-9(2)3-8-12(14)10-4-6-11(13)7-5-10;/h4-7,9,12H,3,8,14H2,1-2H3;1H/t12-;/m0./s1. The highest BCUT2D eigenvalue weighted by Gasteiger charge is 2.06. The van der Waals surface area contributed by atoms with E-state index in [4.69, 9.17) is 5.73 Å². The first-order chi connectivity index (χ1) is 6.59. The van der Waals surface area contributed by atoms with Crippen molar-refractivity contribution >= 4 is 35.0 Å². The van der Waals surface area contributed by atoms with Crippen molar-refractivity contribution in [3.05, 3.63) is 33.4 Å². The van der Waals surface area contributed by atoms with Crippen molar-refractivity contribution in [2.45, 2.75) is 32.7 Å². The van der Waals surface area contributed by atoms with Gasteiger partial charge in [-0.1, -0.05) is 26.0 Å². The quantitative estimate of drug-likeness (QED) is 0.819. The van der Waals surface area contributed by atoms with Gasteiger partial charge in [0.15, 0.2) is 0 Å². The first-order valence-corrected chi connectivity index (χ1v) is 6.18. The molecule has 1 nitrogen and oxygen atoms in total. The largest absolute Gasteiger partial charge is 0.324 e. The van der Waals surface area contributed by atoms with Crippen LogP contribution in [0, 0.1) is 9.49 Å². The Morgan fingerprint density at radius 1 is 1.13 bits per heavy atom. The summed E-state index contributed by atoms with van der Waals surface area (Å²) in [6.45, 7) is 4.47. The van der Waals surface area contributed by atoms with Crippen LogP contribution in [0.2, 0.25) is 0 Å². The molecule has 86 valence electrons. The summed E-state index contributed by atoms with van der Waals surface area (Å²) < 4.78 is 1.27. The van der Waals surface area contributed by atoms with Gasteiger partial charge >= 0.3 is 0 Å². The molecule has 0 radical (unpaired) electrons. The van der Waals surface area contributed by atoms with Gasteiger partial charge in [-0.15, -0.1) is 12.4 Å². The Labute approximate surface area is 112 Å². The van der Waals surface area contributed by atoms with E-state index in [9.17, 15) is 0 Å². The Morgan fingerprint density at radius 2 is 1.67 bits per heavy atom. The average molecular weight is 340 g/mol. The minimum Gasteiger partial charge on any atom is -0.324 e. The van der Waals surface area contributed by atoms with Gasteiger partial charge in [-0.3, -0.25) is 0 Å². The lowest BCUT2D eigenvalue weighted by atomic mass is 9.98. The molecule has 1 aromatic carbocycles. The predicted octanol–water partition coefficient (Wildman–Crippen LogP) is 4.15. The van der Waals surface area contributed by atoms with Crippen LogP contribution in [-0.2, 0) is 0 Å². The number of rotatable bonds is 4. The Kier molecular flexibility index (Phi) is 7.57. The molecule has 0 aliphatic rings. The Balaban J connectivity index is 0.00000196. The van der Waals surface area contributed by atoms with Crippen molar-refractivity contribution in [1.82, 2.24) is 0 Å². The maximum atomic E-state index is 6.09. The van der Waals surface area contributed by atoms with E-state index < -0.39 is 0 Å². The summed E-state index contributed by atoms with van der Waals surface area (Å²) in [6.07, 6.45) is 2.28. The Hall–Kier alpha value is 0.200. The van der Waals surface area contributed by atoms with Crippen LogP contribution in [0.5, 0.6) is 0 Å². The lowest BCUT2D eigenvalue weighted by Crippen LogP contribution is -2.11. The van der Waals surface area contributed by atoms with Crippen molar-refractivity contribution in [1.29, 1.82) is 0 Å². The number of hydrogen-bond donors (Lipinski definition) is 1. The monoisotopic (exact) mass is 339 g/mol. The van der Waals surface area contributed by atoms with Crippen LogP contribution in [0.1, 0.15) is 38.3 Å². The van der Waals surface area contributed by atoms with Gasteiger partial charge in [0, 0.05) is 9.61 Å². The third-order valence-corrected chi connectivity index (χ3v) is 3.07. The molecule has 0 unspecified atom stereocenters. The molecule has 1 aromatic rings. The van der Waals surface area contributed by atoms with Crippen molar-refractivity contribution in [3.63, 3.8) is 0 Å². The third kappa shape index (κ3) is 5.73. The predicted molar refractivity (Wildman–Crippen MR) is 77.4 cm³/mol. The molecule has 0 heterocycles. The van der Waals surface area contributed by atoms with Gasteiger partial charge < -0.3 is 5.73 Å². The zero-order valence-electron chi connectivity index (χ0n) is 9.24. The summed E-state index contributed by atoms with van der Waals surface area (Å²) >= 11 is 2.31. The van der Waals surface area contributed by atoms with Crippen molar-refractivity contribution in [2.24, 2.45) is 11.7 Å². The normalized spacial score (nSPS) is 12.3. The van der Waals surface area contributed by atoms with E-state index in [1.165, 1.54) is 15.6 Å². The SMILES string of the molecule is CC(C)CC[C@H](N)c1ccc(I)cc1.Cl. The fourth-order valence-electron chi connectivity index (χ4n) is 1.39. The van der Waals surface area contributed by atoms with Gasteiger partial charge in [0.1, 0.15) is 0 Å². The van der Waals surface area contributed by atoms with Crippen LogP contribution in [0.3, 0.4) is 0 Å². The molecule has 0 saturated carbocycles. The molecule has 3 heteroatoms. The minimum atomic E-state index is 0. The van der Waals surface area contributed by atoms with Gasteiger partial charge in [0.05, 0.1) is 0 Å². The van der Waals surface area contributed by atoms with Crippen molar-refractivity contribution < 1.29 is 0 Å². The van der Waals surface area contributed by atoms with Gasteiger partial charge in [-0.2, -0.15) is 0 Å². The first-order valence-electron chi connectivity index (χ1n) is 5.10. The van der Waals surface area contributed by atoms with Crippen molar-refractivity contribution in [3.8, 4) is 0 Å². The van der Waals surface area contributed by atoms with Gasteiger partial charge in [0.2, 0.25) is 0 Å². The topological polar surface area (TPSA) is 26.0 Å². The fourth-order valence-corrected chi connectivity index (χ4v) is 1.75. The van der Waals surface area contributed by atoms with Crippen LogP contribution >= 0.6 is 35.0 Å². The second-order valence-electron chi connectivity index (χ2n) is 4.13. The van der Waals surface area contributed by atoms with E-state index in [0.717, 1.165) is 12.3 Å². The van der Waals surface area contributed by atoms with Crippen LogP contribution in [0.4, 0.5) is 0 Å². The fraction of sp³-hybridized carbons (Fsp3) is 0.500. The van der Waals surface area contributed by atoms with E-state index >= 15 is 0 Å². The number of nitrogens with two attached hydrogens (primary N) is 1. The molecule has 0 aliphatic carbocycles. The van der Waals surface area contributed by atoms with Crippen LogP contribution < -0.4 is 5.73 Å². The summed E-state index contributed by atoms with van der Waals surface area (Å²) in [5.41, 5.74) is 7.35. The van der Waals surface area contributed by atoms with E-state index in [2.05, 4.69) is 60.7 Å². The van der Waals surface area contributed by atoms with Gasteiger partial charge in [-0.05, 0) is 59.0 Å². The number of halogens is 2. The lowest BCUT2D eigenvalue weighted by molar-refractivity contribution is 0.507. The maximum Gasteiger partial charge on any atom is 0.0294 e. The zero-order valence-corrected chi connectivity index (χ0v) is 12.2. The summed E-state index contributed by atoms with van der Waals surface area (Å²) in [5.74, 6) is 0.741. The molecular weight excluding hydrogens is 320 g/mol. The summed E-state index contributed by atoms with van der Waals surface area (Å²) in [7, 11) is 0. The molecule has 0 aliphatic heterocycles. The molecule has 1 rings (SSSR count). The van der Waals surface area contributed by atoms with Crippen LogP contribution in [-0.4, -0.2) is 0 Å². The molecule has 15 heavy (non-hydrogen) atoms. The zero-order chi connectivity index (χ0) is 10.6. The second-order valence-corrected chi connectivity index (χ2v) is 5.37. The van der Waals surface area contributed by atoms with E-state index in [1.807, 2.05) is 0 Å². The molecule has 0 aromatic heterocycles. The molecular formula is C12H19ClIN. The van der Waals surface area contributed by atoms with Crippen molar-refractivity contribution in [2.75, 3.05) is 0 Å². The van der Waals surface area contributed by atoms with Gasteiger partial charge in [-0.25, -0.2) is 0 Å². The number of hydrogen-bond acceptors (Lipinski definition) is 1. The smallest absolute Gasteiger partial charge is 0.0294 e. The third-order valence-electron chi connectivity index (χ3n) is 2.35. The highest BCUT2D eigenvalue weighted by atomic mass is 127. The summed E-state index contributed by atoms with van der Waals surface area (Å²) in [6, 6.07) is 8.70. The van der Waals surface area contributed by atoms with Crippen LogP contribution in [0.15, 0.2) is 24.3 Å². The van der Waals surface area contributed by atoms with E-state index in [0.29, 0.717) is 0 Å². The maximum absolute atomic E-state index is 6.09. The molecule has 2 N–H and O–H groups in total. The first kappa shape index (κ1) is 15.2. The highest BCUT2D eigenvalue weighted by molar-refractivity contribution is 14.1. The minimum absolute atomic E-state index is 0. The molecule has 0 saturated heterocycles. The number of benzene rings is 1. The molecule has 1 atom stereocenters. The van der Waals surface area contributed by atoms with Crippen LogP contribution in [0.25, 0.3) is 0 Å². The van der Waals surface area contributed by atoms with Gasteiger partial charge in [0.25, 0.3) is 0 Å². The average Bonchev–Trinajstić information content (AvgIpc) is 2.15.